The lowest BCUT2D eigenvalue weighted by atomic mass is 10.2. The fraction of sp³-hybridized carbons (Fsp3) is 0.188. The van der Waals surface area contributed by atoms with E-state index in [0.717, 1.165) is 5.56 Å². The number of carbonyl (C=O) groups is 1. The first kappa shape index (κ1) is 18.7. The number of aryl methyl sites for hydroxylation is 1. The number of carbonyl (C=O) groups excluding carboxylic acids is 1. The Labute approximate surface area is 157 Å². The summed E-state index contributed by atoms with van der Waals surface area (Å²) in [6.07, 6.45) is -0.697. The molecule has 0 unspecified atom stereocenters. The Kier molecular flexibility index (Phi) is 6.21. The molecule has 0 bridgehead atoms. The summed E-state index contributed by atoms with van der Waals surface area (Å²) in [5.74, 6) is 1.16. The van der Waals surface area contributed by atoms with Gasteiger partial charge >= 0.3 is 6.09 Å². The van der Waals surface area contributed by atoms with Crippen molar-refractivity contribution in [1.29, 1.82) is 0 Å². The van der Waals surface area contributed by atoms with Gasteiger partial charge in [-0.1, -0.05) is 23.2 Å². The lowest BCUT2D eigenvalue weighted by Gasteiger charge is -2.14. The summed E-state index contributed by atoms with van der Waals surface area (Å²) in [6.45, 7) is 1.81. The van der Waals surface area contributed by atoms with Crippen LogP contribution in [0.15, 0.2) is 28.7 Å². The minimum absolute atomic E-state index is 0.331. The van der Waals surface area contributed by atoms with Gasteiger partial charge in [-0.05, 0) is 46.6 Å². The molecule has 24 heavy (non-hydrogen) atoms. The molecule has 0 aromatic heterocycles. The quantitative estimate of drug-likeness (QED) is 0.671. The van der Waals surface area contributed by atoms with E-state index < -0.39 is 6.09 Å². The smallest absolute Gasteiger partial charge is 0.417 e. The molecule has 0 aliphatic carbocycles. The molecule has 5 nitrogen and oxygen atoms in total. The summed E-state index contributed by atoms with van der Waals surface area (Å²) in [6, 6.07) is 6.40. The van der Waals surface area contributed by atoms with Crippen LogP contribution in [0, 0.1) is 6.92 Å². The van der Waals surface area contributed by atoms with E-state index in [9.17, 15) is 4.79 Å². The molecule has 0 radical (unpaired) electrons. The van der Waals surface area contributed by atoms with E-state index in [-0.39, 0.29) is 0 Å². The number of benzene rings is 2. The molecule has 2 aromatic carbocycles. The largest absolute Gasteiger partial charge is 0.495 e. The first-order valence-electron chi connectivity index (χ1n) is 6.71. The Balaban J connectivity index is 2.21. The van der Waals surface area contributed by atoms with E-state index in [1.807, 2.05) is 6.92 Å². The second kappa shape index (κ2) is 7.96. The third-order valence-electron chi connectivity index (χ3n) is 3.13. The number of methoxy groups -OCH3 is 2. The van der Waals surface area contributed by atoms with Crippen LogP contribution in [0.1, 0.15) is 5.56 Å². The van der Waals surface area contributed by atoms with Crippen molar-refractivity contribution in [2.75, 3.05) is 19.5 Å². The second-order valence-electron chi connectivity index (χ2n) is 4.73. The molecule has 8 heteroatoms. The maximum atomic E-state index is 12.1. The molecule has 2 aromatic rings. The highest BCUT2D eigenvalue weighted by molar-refractivity contribution is 9.10. The summed E-state index contributed by atoms with van der Waals surface area (Å²) in [4.78, 5) is 12.1. The van der Waals surface area contributed by atoms with Gasteiger partial charge in [0.25, 0.3) is 0 Å². The summed E-state index contributed by atoms with van der Waals surface area (Å²) in [5.41, 5.74) is 1.14. The minimum atomic E-state index is -0.697. The standard InChI is InChI=1S/C16H14BrCl2NO4/c1-8-4-13(9(17)5-10(8)18)24-16(21)20-12-6-11(19)14(22-2)7-15(12)23-3/h4-7H,1-3H3,(H,20,21). The highest BCUT2D eigenvalue weighted by Gasteiger charge is 2.15. The first-order chi connectivity index (χ1) is 11.3. The zero-order valence-electron chi connectivity index (χ0n) is 13.1. The highest BCUT2D eigenvalue weighted by atomic mass is 79.9. The number of hydrogen-bond acceptors (Lipinski definition) is 4. The Hall–Kier alpha value is -1.63. The minimum Gasteiger partial charge on any atom is -0.495 e. The van der Waals surface area contributed by atoms with Crippen LogP contribution < -0.4 is 19.5 Å². The topological polar surface area (TPSA) is 56.8 Å². The van der Waals surface area contributed by atoms with Gasteiger partial charge in [-0.15, -0.1) is 0 Å². The molecule has 1 amide bonds. The predicted molar refractivity (Wildman–Crippen MR) is 98.1 cm³/mol. The van der Waals surface area contributed by atoms with Crippen LogP contribution >= 0.6 is 39.1 Å². The van der Waals surface area contributed by atoms with Crippen molar-refractivity contribution in [2.24, 2.45) is 0 Å². The highest BCUT2D eigenvalue weighted by Crippen LogP contribution is 2.36. The SMILES string of the molecule is COc1cc(OC)c(NC(=O)Oc2cc(C)c(Cl)cc2Br)cc1Cl. The number of nitrogens with one attached hydrogen (secondary N) is 1. The van der Waals surface area contributed by atoms with Gasteiger partial charge in [-0.25, -0.2) is 4.79 Å². The number of anilines is 1. The summed E-state index contributed by atoms with van der Waals surface area (Å²) < 4.78 is 16.2. The van der Waals surface area contributed by atoms with Gasteiger partial charge < -0.3 is 14.2 Å². The zero-order valence-corrected chi connectivity index (χ0v) is 16.2. The van der Waals surface area contributed by atoms with Gasteiger partial charge in [0, 0.05) is 11.1 Å². The Morgan fingerprint density at radius 1 is 1.00 bits per heavy atom. The molecule has 0 atom stereocenters. The third kappa shape index (κ3) is 4.26. The van der Waals surface area contributed by atoms with Crippen molar-refractivity contribution in [3.05, 3.63) is 44.3 Å². The average molecular weight is 435 g/mol. The molecule has 1 N–H and O–H groups in total. The maximum Gasteiger partial charge on any atom is 0.417 e. The van der Waals surface area contributed by atoms with Crippen molar-refractivity contribution < 1.29 is 19.0 Å². The first-order valence-corrected chi connectivity index (χ1v) is 8.26. The number of hydrogen-bond donors (Lipinski definition) is 1. The number of amides is 1. The summed E-state index contributed by atoms with van der Waals surface area (Å²) in [5, 5.41) is 3.48. The van der Waals surface area contributed by atoms with E-state index in [1.54, 1.807) is 18.2 Å². The van der Waals surface area contributed by atoms with Gasteiger partial charge in [0.05, 0.1) is 29.4 Å². The van der Waals surface area contributed by atoms with Crippen LogP contribution in [0.5, 0.6) is 17.2 Å². The van der Waals surface area contributed by atoms with Crippen LogP contribution in [0.4, 0.5) is 10.5 Å². The molecule has 0 fully saturated rings. The number of ether oxygens (including phenoxy) is 3. The summed E-state index contributed by atoms with van der Waals surface area (Å²) >= 11 is 15.4. The van der Waals surface area contributed by atoms with E-state index in [4.69, 9.17) is 37.4 Å². The molecule has 0 saturated heterocycles. The maximum absolute atomic E-state index is 12.1. The van der Waals surface area contributed by atoms with Crippen molar-refractivity contribution in [3.8, 4) is 17.2 Å². The van der Waals surface area contributed by atoms with Crippen LogP contribution in [-0.4, -0.2) is 20.3 Å². The molecule has 2 rings (SSSR count). The number of rotatable bonds is 4. The van der Waals surface area contributed by atoms with Crippen LogP contribution in [0.2, 0.25) is 10.0 Å². The van der Waals surface area contributed by atoms with E-state index in [1.165, 1.54) is 20.3 Å². The fourth-order valence-electron chi connectivity index (χ4n) is 1.90. The molecule has 0 saturated carbocycles. The van der Waals surface area contributed by atoms with Crippen LogP contribution in [-0.2, 0) is 0 Å². The number of halogens is 3. The lowest BCUT2D eigenvalue weighted by Crippen LogP contribution is -2.17. The molecule has 0 spiro atoms. The third-order valence-corrected chi connectivity index (χ3v) is 4.45. The normalized spacial score (nSPS) is 10.2. The Morgan fingerprint density at radius 2 is 1.67 bits per heavy atom. The zero-order chi connectivity index (χ0) is 17.9. The van der Waals surface area contributed by atoms with Gasteiger partial charge in [0.15, 0.2) is 0 Å². The molecular weight excluding hydrogens is 421 g/mol. The molecule has 0 aliphatic rings. The van der Waals surface area contributed by atoms with Crippen molar-refractivity contribution in [3.63, 3.8) is 0 Å². The van der Waals surface area contributed by atoms with E-state index in [2.05, 4.69) is 21.2 Å². The molecule has 0 aliphatic heterocycles. The molecular formula is C16H14BrCl2NO4. The van der Waals surface area contributed by atoms with Gasteiger partial charge in [-0.3, -0.25) is 5.32 Å². The Bertz CT molecular complexity index is 783. The van der Waals surface area contributed by atoms with Gasteiger partial charge in [0.2, 0.25) is 0 Å². The van der Waals surface area contributed by atoms with Crippen LogP contribution in [0.3, 0.4) is 0 Å². The van der Waals surface area contributed by atoms with Gasteiger partial charge in [0.1, 0.15) is 17.2 Å². The lowest BCUT2D eigenvalue weighted by molar-refractivity contribution is 0.214. The van der Waals surface area contributed by atoms with Crippen LogP contribution in [0.25, 0.3) is 0 Å². The van der Waals surface area contributed by atoms with Crippen molar-refractivity contribution in [2.45, 2.75) is 6.92 Å². The Morgan fingerprint density at radius 3 is 2.29 bits per heavy atom. The monoisotopic (exact) mass is 433 g/mol. The second-order valence-corrected chi connectivity index (χ2v) is 6.40. The average Bonchev–Trinajstić information content (AvgIpc) is 2.53. The van der Waals surface area contributed by atoms with Gasteiger partial charge in [-0.2, -0.15) is 0 Å². The van der Waals surface area contributed by atoms with Crippen molar-refractivity contribution >= 4 is 50.9 Å². The predicted octanol–water partition coefficient (Wildman–Crippen LogP) is 5.69. The molecule has 0 heterocycles. The van der Waals surface area contributed by atoms with Crippen molar-refractivity contribution in [1.82, 2.24) is 0 Å². The fourth-order valence-corrected chi connectivity index (χ4v) is 2.86. The van der Waals surface area contributed by atoms with E-state index in [0.29, 0.717) is 37.5 Å². The van der Waals surface area contributed by atoms with E-state index >= 15 is 0 Å². The summed E-state index contributed by atoms with van der Waals surface area (Å²) in [7, 11) is 2.96. The molecule has 128 valence electrons.